The molecule has 1 aromatic heterocycles. The zero-order chi connectivity index (χ0) is 17.4. The van der Waals surface area contributed by atoms with E-state index in [1.807, 2.05) is 0 Å². The standard InChI is InChI=1S/C17H15BrFNO3S/c1-3-22-17(21)14-12(15(23-20-14)9-4-5-9)16(24)10-6-7-11(19)13(18)8(10)2/h6-7,9H,3-5H2,1-2H3. The van der Waals surface area contributed by atoms with Gasteiger partial charge in [0.25, 0.3) is 0 Å². The fourth-order valence-electron chi connectivity index (χ4n) is 2.52. The number of carbonyl (C=O) groups excluding carboxylic acids is 1. The highest BCUT2D eigenvalue weighted by Crippen LogP contribution is 2.43. The number of rotatable bonds is 5. The van der Waals surface area contributed by atoms with Gasteiger partial charge in [-0.05, 0) is 59.8 Å². The predicted octanol–water partition coefficient (Wildman–Crippen LogP) is 4.71. The molecule has 0 atom stereocenters. The van der Waals surface area contributed by atoms with Crippen LogP contribution in [0.25, 0.3) is 0 Å². The van der Waals surface area contributed by atoms with Gasteiger partial charge in [-0.2, -0.15) is 0 Å². The second-order valence-electron chi connectivity index (χ2n) is 5.63. The van der Waals surface area contributed by atoms with Crippen molar-refractivity contribution in [3.05, 3.63) is 50.6 Å². The Hall–Kier alpha value is -1.60. The lowest BCUT2D eigenvalue weighted by atomic mass is 9.97. The van der Waals surface area contributed by atoms with Gasteiger partial charge in [0, 0.05) is 5.92 Å². The van der Waals surface area contributed by atoms with Gasteiger partial charge in [0.05, 0.1) is 21.5 Å². The molecule has 1 heterocycles. The zero-order valence-electron chi connectivity index (χ0n) is 13.2. The van der Waals surface area contributed by atoms with Gasteiger partial charge in [-0.15, -0.1) is 0 Å². The van der Waals surface area contributed by atoms with Crippen molar-refractivity contribution in [2.45, 2.75) is 32.6 Å². The number of hydrogen-bond donors (Lipinski definition) is 0. The molecule has 0 N–H and O–H groups in total. The number of hydrogen-bond acceptors (Lipinski definition) is 5. The Morgan fingerprint density at radius 2 is 2.21 bits per heavy atom. The van der Waals surface area contributed by atoms with Crippen LogP contribution in [0.4, 0.5) is 4.39 Å². The molecule has 0 aliphatic heterocycles. The highest BCUT2D eigenvalue weighted by Gasteiger charge is 2.36. The maximum Gasteiger partial charge on any atom is 0.361 e. The quantitative estimate of drug-likeness (QED) is 0.405. The van der Waals surface area contributed by atoms with E-state index in [4.69, 9.17) is 21.5 Å². The van der Waals surface area contributed by atoms with Gasteiger partial charge in [0.2, 0.25) is 0 Å². The van der Waals surface area contributed by atoms with Crippen molar-refractivity contribution in [2.24, 2.45) is 0 Å². The molecule has 0 radical (unpaired) electrons. The van der Waals surface area contributed by atoms with Crippen LogP contribution >= 0.6 is 28.1 Å². The molecule has 1 aromatic carbocycles. The minimum absolute atomic E-state index is 0.0867. The summed E-state index contributed by atoms with van der Waals surface area (Å²) in [5, 5.41) is 3.89. The Bertz CT molecular complexity index is 829. The van der Waals surface area contributed by atoms with E-state index in [1.165, 1.54) is 6.07 Å². The fourth-order valence-corrected chi connectivity index (χ4v) is 3.28. The monoisotopic (exact) mass is 411 g/mol. The Balaban J connectivity index is 2.10. The van der Waals surface area contributed by atoms with Crippen molar-refractivity contribution < 1.29 is 18.4 Å². The van der Waals surface area contributed by atoms with Crippen LogP contribution in [-0.2, 0) is 4.74 Å². The molecule has 126 valence electrons. The van der Waals surface area contributed by atoms with Crippen LogP contribution in [0.1, 0.15) is 58.6 Å². The van der Waals surface area contributed by atoms with Crippen molar-refractivity contribution in [1.29, 1.82) is 0 Å². The first-order valence-corrected chi connectivity index (χ1v) is 8.81. The second-order valence-corrected chi connectivity index (χ2v) is 6.83. The van der Waals surface area contributed by atoms with Gasteiger partial charge in [0.1, 0.15) is 11.6 Å². The summed E-state index contributed by atoms with van der Waals surface area (Å²) in [5.41, 5.74) is 1.91. The van der Waals surface area contributed by atoms with E-state index in [9.17, 15) is 9.18 Å². The Kier molecular flexibility index (Phi) is 4.83. The van der Waals surface area contributed by atoms with Gasteiger partial charge in [-0.3, -0.25) is 0 Å². The summed E-state index contributed by atoms with van der Waals surface area (Å²) in [5.74, 6) is -0.0950. The van der Waals surface area contributed by atoms with Gasteiger partial charge in [-0.1, -0.05) is 23.4 Å². The summed E-state index contributed by atoms with van der Waals surface area (Å²) in [6.07, 6.45) is 1.94. The molecule has 1 aliphatic carbocycles. The molecule has 0 bridgehead atoms. The summed E-state index contributed by atoms with van der Waals surface area (Å²) in [4.78, 5) is 12.6. The maximum atomic E-state index is 13.7. The molecule has 0 saturated heterocycles. The number of halogens is 2. The van der Waals surface area contributed by atoms with Gasteiger partial charge < -0.3 is 9.26 Å². The normalized spacial score (nSPS) is 13.8. The molecule has 7 heteroatoms. The molecule has 1 saturated carbocycles. The lowest BCUT2D eigenvalue weighted by Crippen LogP contribution is -2.13. The van der Waals surface area contributed by atoms with Crippen molar-refractivity contribution in [2.75, 3.05) is 6.61 Å². The van der Waals surface area contributed by atoms with Gasteiger partial charge >= 0.3 is 5.97 Å². The van der Waals surface area contributed by atoms with E-state index < -0.39 is 5.97 Å². The van der Waals surface area contributed by atoms with Crippen LogP contribution in [0, 0.1) is 12.7 Å². The number of aromatic nitrogens is 1. The van der Waals surface area contributed by atoms with Crippen LogP contribution in [0.5, 0.6) is 0 Å². The van der Waals surface area contributed by atoms with Crippen molar-refractivity contribution >= 4 is 39.0 Å². The van der Waals surface area contributed by atoms with E-state index in [0.717, 1.165) is 12.8 Å². The number of benzene rings is 1. The Morgan fingerprint density at radius 1 is 1.50 bits per heavy atom. The van der Waals surface area contributed by atoms with Crippen LogP contribution in [0.3, 0.4) is 0 Å². The Morgan fingerprint density at radius 3 is 2.83 bits per heavy atom. The number of nitrogens with zero attached hydrogens (tertiary/aromatic N) is 1. The first kappa shape index (κ1) is 17.2. The molecule has 2 aromatic rings. The molecule has 0 spiro atoms. The van der Waals surface area contributed by atoms with Crippen LogP contribution in [-0.4, -0.2) is 22.6 Å². The van der Waals surface area contributed by atoms with Crippen LogP contribution in [0.2, 0.25) is 0 Å². The average molecular weight is 412 g/mol. The summed E-state index contributed by atoms with van der Waals surface area (Å²) < 4.78 is 24.5. The highest BCUT2D eigenvalue weighted by molar-refractivity contribution is 9.10. The molecule has 1 fully saturated rings. The lowest BCUT2D eigenvalue weighted by Gasteiger charge is -2.11. The number of esters is 1. The molecule has 3 rings (SSSR count). The average Bonchev–Trinajstić information content (AvgIpc) is 3.30. The number of ether oxygens (including phenoxy) is 1. The minimum Gasteiger partial charge on any atom is -0.461 e. The zero-order valence-corrected chi connectivity index (χ0v) is 15.6. The predicted molar refractivity (Wildman–Crippen MR) is 94.1 cm³/mol. The number of carbonyl (C=O) groups is 1. The molecule has 0 amide bonds. The first-order valence-electron chi connectivity index (χ1n) is 7.61. The van der Waals surface area contributed by atoms with Crippen molar-refractivity contribution in [1.82, 2.24) is 5.16 Å². The smallest absolute Gasteiger partial charge is 0.361 e. The van der Waals surface area contributed by atoms with Gasteiger partial charge in [-0.25, -0.2) is 9.18 Å². The summed E-state index contributed by atoms with van der Waals surface area (Å²) in [7, 11) is 0. The molecular formula is C17H15BrFNO3S. The highest BCUT2D eigenvalue weighted by atomic mass is 79.9. The van der Waals surface area contributed by atoms with E-state index in [2.05, 4.69) is 21.1 Å². The molecular weight excluding hydrogens is 397 g/mol. The second kappa shape index (κ2) is 6.72. The van der Waals surface area contributed by atoms with Crippen molar-refractivity contribution in [3.63, 3.8) is 0 Å². The topological polar surface area (TPSA) is 52.3 Å². The minimum atomic E-state index is -0.565. The third kappa shape index (κ3) is 3.02. The molecule has 24 heavy (non-hydrogen) atoms. The SMILES string of the molecule is CCOC(=O)c1noc(C2CC2)c1C(=S)c1ccc(F)c(Br)c1C. The molecule has 4 nitrogen and oxygen atoms in total. The molecule has 1 aliphatic rings. The molecule has 0 unspecified atom stereocenters. The fraction of sp³-hybridized carbons (Fsp3) is 0.353. The lowest BCUT2D eigenvalue weighted by molar-refractivity contribution is 0.0514. The van der Waals surface area contributed by atoms with E-state index in [1.54, 1.807) is 19.9 Å². The largest absolute Gasteiger partial charge is 0.461 e. The summed E-state index contributed by atoms with van der Waals surface area (Å²) in [6, 6.07) is 2.95. The van der Waals surface area contributed by atoms with Gasteiger partial charge in [0.15, 0.2) is 5.69 Å². The summed E-state index contributed by atoms with van der Waals surface area (Å²) >= 11 is 8.83. The number of thiocarbonyl (C=S) groups is 1. The summed E-state index contributed by atoms with van der Waals surface area (Å²) in [6.45, 7) is 3.72. The van der Waals surface area contributed by atoms with E-state index >= 15 is 0 Å². The van der Waals surface area contributed by atoms with Crippen LogP contribution in [0.15, 0.2) is 21.1 Å². The maximum absolute atomic E-state index is 13.7. The van der Waals surface area contributed by atoms with E-state index in [-0.39, 0.29) is 24.0 Å². The third-order valence-electron chi connectivity index (χ3n) is 3.95. The van der Waals surface area contributed by atoms with Crippen molar-refractivity contribution in [3.8, 4) is 0 Å². The Labute approximate surface area is 152 Å². The van der Waals surface area contributed by atoms with Crippen LogP contribution < -0.4 is 0 Å². The van der Waals surface area contributed by atoms with E-state index in [0.29, 0.717) is 31.8 Å². The third-order valence-corrected chi connectivity index (χ3v) is 5.34. The first-order chi connectivity index (χ1) is 11.5.